The molecule has 2 aliphatic heterocycles. The molecule has 2 N–H and O–H groups in total. The molecule has 0 bridgehead atoms. The molecule has 2 aromatic rings. The van der Waals surface area contributed by atoms with Gasteiger partial charge in [-0.1, -0.05) is 49.2 Å². The van der Waals surface area contributed by atoms with Crippen LogP contribution >= 0.6 is 0 Å². The molecule has 0 unspecified atom stereocenters. The van der Waals surface area contributed by atoms with Crippen LogP contribution in [-0.4, -0.2) is 71.9 Å². The van der Waals surface area contributed by atoms with Gasteiger partial charge in [-0.05, 0) is 37.1 Å². The molecule has 0 spiro atoms. The Kier molecular flexibility index (Phi) is 6.88. The summed E-state index contributed by atoms with van der Waals surface area (Å²) in [5, 5.41) is 6.06. The molecule has 3 fully saturated rings. The van der Waals surface area contributed by atoms with E-state index < -0.39 is 6.04 Å². The third-order valence-corrected chi connectivity index (χ3v) is 7.43. The molecule has 2 heterocycles. The van der Waals surface area contributed by atoms with Crippen molar-refractivity contribution in [1.29, 1.82) is 0 Å². The van der Waals surface area contributed by atoms with Crippen molar-refractivity contribution in [3.63, 3.8) is 0 Å². The van der Waals surface area contributed by atoms with Crippen LogP contribution in [0.2, 0.25) is 0 Å². The fraction of sp³-hybridized carbons (Fsp3) is 0.444. The number of carbonyl (C=O) groups excluding carboxylic acids is 3. The Morgan fingerprint density at radius 3 is 2.26 bits per heavy atom. The fourth-order valence-corrected chi connectivity index (χ4v) is 5.59. The lowest BCUT2D eigenvalue weighted by Gasteiger charge is -2.48. The number of benzene rings is 2. The number of para-hydroxylation sites is 2. The van der Waals surface area contributed by atoms with Gasteiger partial charge in [0.25, 0.3) is 0 Å². The zero-order valence-electron chi connectivity index (χ0n) is 19.9. The van der Waals surface area contributed by atoms with Gasteiger partial charge < -0.3 is 25.3 Å². The van der Waals surface area contributed by atoms with E-state index in [1.807, 2.05) is 53.4 Å². The van der Waals surface area contributed by atoms with Crippen LogP contribution in [0.5, 0.6) is 0 Å². The number of anilines is 2. The molecule has 1 aliphatic carbocycles. The average Bonchev–Trinajstić information content (AvgIpc) is 2.90. The van der Waals surface area contributed by atoms with Crippen LogP contribution in [-0.2, 0) is 9.59 Å². The maximum absolute atomic E-state index is 13.4. The minimum atomic E-state index is -0.808. The molecular weight excluding hydrogens is 442 g/mol. The molecule has 35 heavy (non-hydrogen) atoms. The molecule has 0 aromatic heterocycles. The summed E-state index contributed by atoms with van der Waals surface area (Å²) >= 11 is 0. The number of amides is 4. The van der Waals surface area contributed by atoms with Crippen molar-refractivity contribution in [3.05, 3.63) is 60.7 Å². The van der Waals surface area contributed by atoms with Crippen molar-refractivity contribution in [2.45, 2.75) is 50.2 Å². The largest absolute Gasteiger partial charge is 0.368 e. The van der Waals surface area contributed by atoms with E-state index in [1.54, 1.807) is 4.90 Å². The van der Waals surface area contributed by atoms with Gasteiger partial charge in [0.2, 0.25) is 11.8 Å². The third kappa shape index (κ3) is 5.11. The molecule has 4 amide bonds. The average molecular weight is 476 g/mol. The molecule has 0 radical (unpaired) electrons. The minimum Gasteiger partial charge on any atom is -0.368 e. The smallest absolute Gasteiger partial charge is 0.322 e. The summed E-state index contributed by atoms with van der Waals surface area (Å²) < 4.78 is 0. The van der Waals surface area contributed by atoms with E-state index in [0.29, 0.717) is 18.8 Å². The molecule has 5 rings (SSSR count). The van der Waals surface area contributed by atoms with Crippen LogP contribution in [0.4, 0.5) is 16.2 Å². The highest BCUT2D eigenvalue weighted by atomic mass is 16.2. The van der Waals surface area contributed by atoms with E-state index >= 15 is 0 Å². The molecule has 184 valence electrons. The number of hydrogen-bond donors (Lipinski definition) is 2. The Bertz CT molecular complexity index is 1040. The maximum Gasteiger partial charge on any atom is 0.322 e. The van der Waals surface area contributed by atoms with Crippen LogP contribution in [0.1, 0.15) is 32.1 Å². The van der Waals surface area contributed by atoms with Gasteiger partial charge in [-0.3, -0.25) is 9.59 Å². The first-order valence-corrected chi connectivity index (χ1v) is 12.6. The van der Waals surface area contributed by atoms with Crippen LogP contribution < -0.4 is 15.5 Å². The van der Waals surface area contributed by atoms with Gasteiger partial charge >= 0.3 is 6.03 Å². The van der Waals surface area contributed by atoms with Crippen LogP contribution in [0.15, 0.2) is 60.7 Å². The van der Waals surface area contributed by atoms with Gasteiger partial charge in [0.15, 0.2) is 0 Å². The highest BCUT2D eigenvalue weighted by molar-refractivity contribution is 5.97. The van der Waals surface area contributed by atoms with Crippen molar-refractivity contribution in [3.8, 4) is 0 Å². The molecule has 1 saturated carbocycles. The minimum absolute atomic E-state index is 0.00258. The predicted molar refractivity (Wildman–Crippen MR) is 135 cm³/mol. The Morgan fingerprint density at radius 1 is 0.886 bits per heavy atom. The second kappa shape index (κ2) is 10.4. The lowest BCUT2D eigenvalue weighted by Crippen LogP contribution is -2.68. The fourth-order valence-electron chi connectivity index (χ4n) is 5.59. The van der Waals surface area contributed by atoms with E-state index in [0.717, 1.165) is 44.5 Å². The van der Waals surface area contributed by atoms with Crippen molar-refractivity contribution >= 4 is 29.2 Å². The van der Waals surface area contributed by atoms with Crippen LogP contribution in [0, 0.1) is 0 Å². The van der Waals surface area contributed by atoms with E-state index in [1.165, 1.54) is 0 Å². The first-order chi connectivity index (χ1) is 17.1. The summed E-state index contributed by atoms with van der Waals surface area (Å²) in [5.41, 5.74) is 1.83. The molecule has 8 heteroatoms. The summed E-state index contributed by atoms with van der Waals surface area (Å²) in [6.07, 6.45) is 3.73. The topological polar surface area (TPSA) is 85.0 Å². The van der Waals surface area contributed by atoms with Crippen molar-refractivity contribution in [2.24, 2.45) is 0 Å². The second-order valence-electron chi connectivity index (χ2n) is 9.59. The predicted octanol–water partition coefficient (Wildman–Crippen LogP) is 3.07. The number of piperazine rings is 2. The summed E-state index contributed by atoms with van der Waals surface area (Å²) in [6, 6.07) is 18.2. The second-order valence-corrected chi connectivity index (χ2v) is 9.59. The number of fused-ring (bicyclic) bond motifs is 1. The SMILES string of the molecule is O=C1N[C@@H]2CCCC[C@H]2N(C(=O)Nc2ccccc2)[C@@H]1CC(=O)N1CCN(c2ccccc2)CC1. The van der Waals surface area contributed by atoms with Gasteiger partial charge in [0.1, 0.15) is 6.04 Å². The Hall–Kier alpha value is -3.55. The highest BCUT2D eigenvalue weighted by Crippen LogP contribution is 2.30. The zero-order chi connectivity index (χ0) is 24.2. The lowest BCUT2D eigenvalue weighted by molar-refractivity contribution is -0.140. The number of urea groups is 1. The highest BCUT2D eigenvalue weighted by Gasteiger charge is 2.46. The number of nitrogens with one attached hydrogen (secondary N) is 2. The number of nitrogens with zero attached hydrogens (tertiary/aromatic N) is 3. The van der Waals surface area contributed by atoms with Gasteiger partial charge in [0, 0.05) is 43.6 Å². The van der Waals surface area contributed by atoms with Crippen LogP contribution in [0.25, 0.3) is 0 Å². The summed E-state index contributed by atoms with van der Waals surface area (Å²) in [6.45, 7) is 2.69. The van der Waals surface area contributed by atoms with Gasteiger partial charge in [-0.15, -0.1) is 0 Å². The van der Waals surface area contributed by atoms with Crippen molar-refractivity contribution in [2.75, 3.05) is 36.4 Å². The monoisotopic (exact) mass is 475 g/mol. The number of rotatable bonds is 4. The quantitative estimate of drug-likeness (QED) is 0.712. The first-order valence-electron chi connectivity index (χ1n) is 12.6. The van der Waals surface area contributed by atoms with E-state index in [4.69, 9.17) is 0 Å². The number of hydrogen-bond acceptors (Lipinski definition) is 4. The first kappa shape index (κ1) is 23.2. The van der Waals surface area contributed by atoms with Gasteiger partial charge in [-0.25, -0.2) is 4.79 Å². The molecule has 3 atom stereocenters. The van der Waals surface area contributed by atoms with E-state index in [9.17, 15) is 14.4 Å². The van der Waals surface area contributed by atoms with E-state index in [-0.39, 0.29) is 36.3 Å². The molecule has 8 nitrogen and oxygen atoms in total. The molecule has 3 aliphatic rings. The van der Waals surface area contributed by atoms with Crippen molar-refractivity contribution < 1.29 is 14.4 Å². The lowest BCUT2D eigenvalue weighted by atomic mass is 9.85. The maximum atomic E-state index is 13.4. The summed E-state index contributed by atoms with van der Waals surface area (Å²) in [4.78, 5) is 45.7. The van der Waals surface area contributed by atoms with E-state index in [2.05, 4.69) is 27.7 Å². The number of carbonyl (C=O) groups is 3. The summed E-state index contributed by atoms with van der Waals surface area (Å²) in [5.74, 6) is -0.308. The Labute approximate surface area is 206 Å². The van der Waals surface area contributed by atoms with Crippen LogP contribution in [0.3, 0.4) is 0 Å². The zero-order valence-corrected chi connectivity index (χ0v) is 19.9. The normalized spacial score (nSPS) is 24.4. The van der Waals surface area contributed by atoms with Gasteiger partial charge in [-0.2, -0.15) is 0 Å². The third-order valence-electron chi connectivity index (χ3n) is 7.43. The Morgan fingerprint density at radius 2 is 1.54 bits per heavy atom. The molecular formula is C27H33N5O3. The van der Waals surface area contributed by atoms with Crippen molar-refractivity contribution in [1.82, 2.24) is 15.1 Å². The molecule has 2 saturated heterocycles. The van der Waals surface area contributed by atoms with Gasteiger partial charge in [0.05, 0.1) is 12.5 Å². The summed E-state index contributed by atoms with van der Waals surface area (Å²) in [7, 11) is 0. The molecule has 2 aromatic carbocycles. The standard InChI is InChI=1S/C27H33N5O3/c33-25(31-17-15-30(16-18-31)21-11-5-2-6-12-21)19-24-26(34)29-22-13-7-8-14-23(22)32(24)27(35)28-20-9-3-1-4-10-20/h1-6,9-12,22-24H,7-8,13-19H2,(H,28,35)(H,29,34)/t22-,23-,24-/m1/s1. The Balaban J connectivity index is 1.28.